The van der Waals surface area contributed by atoms with Crippen LogP contribution in [0.3, 0.4) is 0 Å². The Morgan fingerprint density at radius 1 is 1.07 bits per heavy atom. The Balaban J connectivity index is 1.86. The van der Waals surface area contributed by atoms with E-state index in [0.717, 1.165) is 17.3 Å². The van der Waals surface area contributed by atoms with Gasteiger partial charge in [0.05, 0.1) is 23.0 Å². The number of aromatic nitrogens is 2. The Hall–Kier alpha value is -3.07. The summed E-state index contributed by atoms with van der Waals surface area (Å²) < 4.78 is 28.4. The maximum absolute atomic E-state index is 12.6. The number of hydrogen-bond acceptors (Lipinski definition) is 4. The van der Waals surface area contributed by atoms with Gasteiger partial charge < -0.3 is 5.32 Å². The van der Waals surface area contributed by atoms with Gasteiger partial charge in [-0.05, 0) is 43.7 Å². The summed E-state index contributed by atoms with van der Waals surface area (Å²) in [6.07, 6.45) is 1.06. The number of amides is 1. The average molecular weight is 402 g/mol. The summed E-state index contributed by atoms with van der Waals surface area (Å²) in [7, 11) is -3.43. The molecule has 1 aromatic heterocycles. The second kappa shape index (κ2) is 7.51. The normalized spacial score (nSPS) is 11.5. The van der Waals surface area contributed by atoms with Crippen LogP contribution in [0.5, 0.6) is 0 Å². The van der Waals surface area contributed by atoms with Crippen LogP contribution in [0.1, 0.15) is 12.5 Å². The lowest BCUT2D eigenvalue weighted by Gasteiger charge is -2.11. The molecule has 0 spiro atoms. The summed E-state index contributed by atoms with van der Waals surface area (Å²) >= 11 is 0. The van der Waals surface area contributed by atoms with Crippen LogP contribution in [0.2, 0.25) is 0 Å². The Morgan fingerprint density at radius 2 is 1.71 bits per heavy atom. The standard InChI is InChI=1S/C19H22N4O4S/c1-4-22-16-7-5-6-8-17(16)23(19(22)25)12-18(24)20-14-10-9-13(2)15(11-14)21-28(3,26)27/h5-11,21H,4,12H2,1-3H3,(H,20,24). The van der Waals surface area contributed by atoms with Gasteiger partial charge in [-0.1, -0.05) is 18.2 Å². The molecule has 2 N–H and O–H groups in total. The van der Waals surface area contributed by atoms with E-state index in [9.17, 15) is 18.0 Å². The van der Waals surface area contributed by atoms with Crippen molar-refractivity contribution >= 4 is 38.3 Å². The molecule has 3 aromatic rings. The molecule has 0 bridgehead atoms. The van der Waals surface area contributed by atoms with E-state index in [1.165, 1.54) is 4.57 Å². The van der Waals surface area contributed by atoms with Gasteiger partial charge in [0, 0.05) is 12.2 Å². The third-order valence-electron chi connectivity index (χ3n) is 4.36. The molecule has 3 rings (SSSR count). The van der Waals surface area contributed by atoms with Crippen molar-refractivity contribution in [1.82, 2.24) is 9.13 Å². The zero-order chi connectivity index (χ0) is 20.5. The second-order valence-electron chi connectivity index (χ2n) is 6.55. The molecule has 9 heteroatoms. The zero-order valence-electron chi connectivity index (χ0n) is 15.9. The lowest BCUT2D eigenvalue weighted by molar-refractivity contribution is -0.116. The fourth-order valence-electron chi connectivity index (χ4n) is 3.08. The molecular formula is C19H22N4O4S. The van der Waals surface area contributed by atoms with Crippen molar-refractivity contribution in [2.24, 2.45) is 0 Å². The van der Waals surface area contributed by atoms with Gasteiger partial charge >= 0.3 is 5.69 Å². The van der Waals surface area contributed by atoms with Crippen LogP contribution in [0.15, 0.2) is 47.3 Å². The van der Waals surface area contributed by atoms with Gasteiger partial charge in [-0.25, -0.2) is 13.2 Å². The predicted octanol–water partition coefficient (Wildman–Crippen LogP) is 2.14. The number of carbonyl (C=O) groups excluding carboxylic acids is 1. The van der Waals surface area contributed by atoms with Crippen LogP contribution in [0.25, 0.3) is 11.0 Å². The lowest BCUT2D eigenvalue weighted by atomic mass is 10.2. The van der Waals surface area contributed by atoms with Crippen LogP contribution in [0, 0.1) is 6.92 Å². The first-order valence-corrected chi connectivity index (χ1v) is 10.6. The fraction of sp³-hybridized carbons (Fsp3) is 0.263. The van der Waals surface area contributed by atoms with Crippen LogP contribution in [-0.2, 0) is 27.9 Å². The van der Waals surface area contributed by atoms with E-state index in [1.807, 2.05) is 25.1 Å². The molecule has 1 amide bonds. The van der Waals surface area contributed by atoms with Gasteiger partial charge in [-0.3, -0.25) is 18.7 Å². The summed E-state index contributed by atoms with van der Waals surface area (Å²) in [5.74, 6) is -0.379. The highest BCUT2D eigenvalue weighted by atomic mass is 32.2. The minimum atomic E-state index is -3.43. The molecule has 0 aliphatic rings. The van der Waals surface area contributed by atoms with E-state index in [2.05, 4.69) is 10.0 Å². The van der Waals surface area contributed by atoms with Crippen molar-refractivity contribution in [3.63, 3.8) is 0 Å². The Morgan fingerprint density at radius 3 is 2.32 bits per heavy atom. The molecule has 0 unspecified atom stereocenters. The van der Waals surface area contributed by atoms with Gasteiger partial charge in [0.2, 0.25) is 15.9 Å². The summed E-state index contributed by atoms with van der Waals surface area (Å²) in [5.41, 5.74) is 2.77. The zero-order valence-corrected chi connectivity index (χ0v) is 16.7. The van der Waals surface area contributed by atoms with Gasteiger partial charge in [-0.2, -0.15) is 0 Å². The summed E-state index contributed by atoms with van der Waals surface area (Å²) in [6, 6.07) is 12.2. The Kier molecular flexibility index (Phi) is 5.28. The Labute approximate surface area is 162 Å². The maximum Gasteiger partial charge on any atom is 0.329 e. The van der Waals surface area contributed by atoms with Crippen molar-refractivity contribution in [1.29, 1.82) is 0 Å². The van der Waals surface area contributed by atoms with Gasteiger partial charge in [-0.15, -0.1) is 0 Å². The van der Waals surface area contributed by atoms with E-state index < -0.39 is 10.0 Å². The van der Waals surface area contributed by atoms with E-state index in [0.29, 0.717) is 23.4 Å². The number of sulfonamides is 1. The minimum Gasteiger partial charge on any atom is -0.324 e. The number of nitrogens with one attached hydrogen (secondary N) is 2. The fourth-order valence-corrected chi connectivity index (χ4v) is 3.70. The van der Waals surface area contributed by atoms with Crippen LogP contribution in [-0.4, -0.2) is 29.7 Å². The molecule has 0 saturated heterocycles. The highest BCUT2D eigenvalue weighted by Gasteiger charge is 2.15. The van der Waals surface area contributed by atoms with Crippen molar-refractivity contribution in [2.75, 3.05) is 16.3 Å². The van der Waals surface area contributed by atoms with Gasteiger partial charge in [0.15, 0.2) is 0 Å². The molecule has 8 nitrogen and oxygen atoms in total. The number of fused-ring (bicyclic) bond motifs is 1. The monoisotopic (exact) mass is 402 g/mol. The van der Waals surface area contributed by atoms with E-state index in [1.54, 1.807) is 35.8 Å². The number of hydrogen-bond donors (Lipinski definition) is 2. The smallest absolute Gasteiger partial charge is 0.324 e. The molecule has 148 valence electrons. The molecule has 28 heavy (non-hydrogen) atoms. The SMILES string of the molecule is CCn1c(=O)n(CC(=O)Nc2ccc(C)c(NS(C)(=O)=O)c2)c2ccccc21. The third kappa shape index (κ3) is 4.09. The van der Waals surface area contributed by atoms with Crippen LogP contribution in [0.4, 0.5) is 11.4 Å². The van der Waals surface area contributed by atoms with Crippen molar-refractivity contribution in [3.8, 4) is 0 Å². The number of rotatable bonds is 6. The van der Waals surface area contributed by atoms with Gasteiger partial charge in [0.1, 0.15) is 6.54 Å². The first-order valence-electron chi connectivity index (χ1n) is 8.76. The molecule has 1 heterocycles. The summed E-state index contributed by atoms with van der Waals surface area (Å²) in [4.78, 5) is 25.2. The highest BCUT2D eigenvalue weighted by Crippen LogP contribution is 2.21. The van der Waals surface area contributed by atoms with E-state index in [-0.39, 0.29) is 18.1 Å². The molecule has 0 radical (unpaired) electrons. The minimum absolute atomic E-state index is 0.144. The molecule has 0 saturated carbocycles. The maximum atomic E-state index is 12.6. The molecule has 0 atom stereocenters. The third-order valence-corrected chi connectivity index (χ3v) is 4.95. The van der Waals surface area contributed by atoms with E-state index >= 15 is 0 Å². The molecule has 0 fully saturated rings. The molecule has 0 aliphatic heterocycles. The average Bonchev–Trinajstić information content (AvgIpc) is 2.88. The quantitative estimate of drug-likeness (QED) is 0.659. The van der Waals surface area contributed by atoms with Crippen LogP contribution >= 0.6 is 0 Å². The molecular weight excluding hydrogens is 380 g/mol. The highest BCUT2D eigenvalue weighted by molar-refractivity contribution is 7.92. The molecule has 0 aliphatic carbocycles. The number of carbonyl (C=O) groups is 1. The van der Waals surface area contributed by atoms with E-state index in [4.69, 9.17) is 0 Å². The number of anilines is 2. The molecule has 2 aromatic carbocycles. The number of nitrogens with zero attached hydrogens (tertiary/aromatic N) is 2. The number of benzene rings is 2. The number of imidazole rings is 1. The first kappa shape index (κ1) is 19.7. The summed E-state index contributed by atoms with van der Waals surface area (Å²) in [6.45, 7) is 4.00. The van der Waals surface area contributed by atoms with Crippen molar-refractivity contribution in [3.05, 3.63) is 58.5 Å². The van der Waals surface area contributed by atoms with Gasteiger partial charge in [0.25, 0.3) is 0 Å². The van der Waals surface area contributed by atoms with Crippen LogP contribution < -0.4 is 15.7 Å². The second-order valence-corrected chi connectivity index (χ2v) is 8.30. The van der Waals surface area contributed by atoms with Crippen molar-refractivity contribution < 1.29 is 13.2 Å². The lowest BCUT2D eigenvalue weighted by Crippen LogP contribution is -2.29. The van der Waals surface area contributed by atoms with Crippen molar-refractivity contribution in [2.45, 2.75) is 26.9 Å². The number of aryl methyl sites for hydroxylation is 2. The topological polar surface area (TPSA) is 102 Å². The number of para-hydroxylation sites is 2. The predicted molar refractivity (Wildman–Crippen MR) is 110 cm³/mol. The first-order chi connectivity index (χ1) is 13.2. The Bertz CT molecular complexity index is 1210. The summed E-state index contributed by atoms with van der Waals surface area (Å²) in [5, 5.41) is 2.72. The largest absolute Gasteiger partial charge is 0.329 e.